The molecule has 2 amide bonds. The maximum absolute atomic E-state index is 13.6. The van der Waals surface area contributed by atoms with Crippen molar-refractivity contribution in [3.63, 3.8) is 0 Å². The number of benzene rings is 1. The number of carbonyl (C=O) groups is 2. The van der Waals surface area contributed by atoms with E-state index < -0.39 is 6.04 Å². The number of furan rings is 1. The van der Waals surface area contributed by atoms with E-state index in [1.807, 2.05) is 51.1 Å². The molecule has 0 spiro atoms. The van der Waals surface area contributed by atoms with Gasteiger partial charge < -0.3 is 9.73 Å². The zero-order valence-electron chi connectivity index (χ0n) is 19.3. The van der Waals surface area contributed by atoms with Crippen LogP contribution in [0.4, 0.5) is 5.69 Å². The Kier molecular flexibility index (Phi) is 6.86. The second-order valence-electron chi connectivity index (χ2n) is 8.52. The van der Waals surface area contributed by atoms with E-state index in [1.165, 1.54) is 4.80 Å². The van der Waals surface area contributed by atoms with E-state index in [9.17, 15) is 9.59 Å². The Balaban J connectivity index is 1.58. The molecular formula is C24H30N6O3. The number of hydrogen-bond donors (Lipinski definition) is 1. The summed E-state index contributed by atoms with van der Waals surface area (Å²) in [4.78, 5) is 29.6. The molecule has 1 aliphatic carbocycles. The van der Waals surface area contributed by atoms with Crippen LogP contribution in [0.15, 0.2) is 40.8 Å². The number of nitrogens with zero attached hydrogens (tertiary/aromatic N) is 5. The molecule has 1 N–H and O–H groups in total. The van der Waals surface area contributed by atoms with Gasteiger partial charge in [0.2, 0.25) is 11.7 Å². The Hall–Kier alpha value is -3.49. The number of amides is 2. The molecule has 1 aromatic carbocycles. The van der Waals surface area contributed by atoms with Crippen LogP contribution in [0.2, 0.25) is 0 Å². The normalized spacial score (nSPS) is 14.9. The van der Waals surface area contributed by atoms with Crippen molar-refractivity contribution in [3.05, 3.63) is 47.7 Å². The number of hydrogen-bond acceptors (Lipinski definition) is 6. The number of anilines is 1. The molecule has 0 radical (unpaired) electrons. The number of nitrogens with one attached hydrogen (secondary N) is 1. The number of para-hydroxylation sites is 1. The van der Waals surface area contributed by atoms with Gasteiger partial charge in [-0.05, 0) is 62.1 Å². The van der Waals surface area contributed by atoms with E-state index in [0.29, 0.717) is 23.7 Å². The number of rotatable bonds is 8. The van der Waals surface area contributed by atoms with Crippen molar-refractivity contribution < 1.29 is 14.0 Å². The highest BCUT2D eigenvalue weighted by Gasteiger charge is 2.32. The van der Waals surface area contributed by atoms with Crippen LogP contribution in [0, 0.1) is 13.8 Å². The van der Waals surface area contributed by atoms with Crippen molar-refractivity contribution >= 4 is 17.5 Å². The van der Waals surface area contributed by atoms with Gasteiger partial charge in [-0.15, -0.1) is 10.2 Å². The number of tetrazole rings is 1. The molecule has 174 valence electrons. The zero-order valence-corrected chi connectivity index (χ0v) is 19.3. The molecule has 0 aliphatic heterocycles. The molecule has 2 aromatic heterocycles. The Labute approximate surface area is 193 Å². The van der Waals surface area contributed by atoms with Crippen LogP contribution in [0.5, 0.6) is 0 Å². The molecular weight excluding hydrogens is 420 g/mol. The van der Waals surface area contributed by atoms with Crippen LogP contribution in [-0.2, 0) is 16.1 Å². The monoisotopic (exact) mass is 450 g/mol. The Morgan fingerprint density at radius 2 is 1.94 bits per heavy atom. The summed E-state index contributed by atoms with van der Waals surface area (Å²) < 4.78 is 5.54. The molecule has 0 unspecified atom stereocenters. The predicted octanol–water partition coefficient (Wildman–Crippen LogP) is 3.42. The van der Waals surface area contributed by atoms with Gasteiger partial charge in [0.1, 0.15) is 18.3 Å². The van der Waals surface area contributed by atoms with Gasteiger partial charge in [-0.2, -0.15) is 4.80 Å². The first-order valence-corrected chi connectivity index (χ1v) is 11.5. The van der Waals surface area contributed by atoms with Crippen LogP contribution in [0.25, 0.3) is 11.6 Å². The molecule has 33 heavy (non-hydrogen) atoms. The van der Waals surface area contributed by atoms with Crippen molar-refractivity contribution in [2.24, 2.45) is 0 Å². The van der Waals surface area contributed by atoms with Gasteiger partial charge in [-0.25, -0.2) is 0 Å². The summed E-state index contributed by atoms with van der Waals surface area (Å²) in [6.45, 7) is 5.54. The van der Waals surface area contributed by atoms with E-state index in [4.69, 9.17) is 4.42 Å². The van der Waals surface area contributed by atoms with Crippen molar-refractivity contribution in [2.75, 3.05) is 4.90 Å². The molecule has 1 fully saturated rings. The lowest BCUT2D eigenvalue weighted by atomic mass is 10.1. The zero-order chi connectivity index (χ0) is 23.4. The minimum atomic E-state index is -0.630. The van der Waals surface area contributed by atoms with Crippen LogP contribution < -0.4 is 10.2 Å². The summed E-state index contributed by atoms with van der Waals surface area (Å²) in [6.07, 6.45) is 4.70. The molecule has 9 nitrogen and oxygen atoms in total. The number of aromatic nitrogens is 4. The summed E-state index contributed by atoms with van der Waals surface area (Å²) in [6, 6.07) is 10.7. The van der Waals surface area contributed by atoms with Crippen molar-refractivity contribution in [1.82, 2.24) is 25.5 Å². The van der Waals surface area contributed by atoms with Gasteiger partial charge in [0, 0.05) is 11.7 Å². The minimum Gasteiger partial charge on any atom is -0.458 e. The smallest absolute Gasteiger partial charge is 0.251 e. The number of carbonyl (C=O) groups excluding carboxylic acids is 2. The molecule has 0 saturated heterocycles. The second kappa shape index (κ2) is 9.97. The van der Waals surface area contributed by atoms with Crippen LogP contribution in [0.3, 0.4) is 0 Å². The Bertz CT molecular complexity index is 1110. The first-order valence-electron chi connectivity index (χ1n) is 11.5. The molecule has 3 aromatic rings. The van der Waals surface area contributed by atoms with E-state index in [2.05, 4.69) is 20.7 Å². The highest BCUT2D eigenvalue weighted by Crippen LogP contribution is 2.25. The molecule has 1 aliphatic rings. The van der Waals surface area contributed by atoms with Gasteiger partial charge >= 0.3 is 0 Å². The fourth-order valence-electron chi connectivity index (χ4n) is 4.32. The first-order chi connectivity index (χ1) is 16.0. The third-order valence-electron chi connectivity index (χ3n) is 6.04. The van der Waals surface area contributed by atoms with E-state index in [1.54, 1.807) is 11.0 Å². The van der Waals surface area contributed by atoms with E-state index in [0.717, 1.165) is 37.0 Å². The fraction of sp³-hybridized carbons (Fsp3) is 0.458. The SMILES string of the molecule is CC[C@H](C(=O)NC1CCCC1)N(C(=O)Cn1nnc(-c2ccc(C)o2)n1)c1ccccc1C. The lowest BCUT2D eigenvalue weighted by Gasteiger charge is -2.32. The topological polar surface area (TPSA) is 106 Å². The second-order valence-corrected chi connectivity index (χ2v) is 8.52. The average Bonchev–Trinajstić information content (AvgIpc) is 3.55. The van der Waals surface area contributed by atoms with Crippen molar-refractivity contribution in [2.45, 2.75) is 71.5 Å². The molecule has 9 heteroatoms. The van der Waals surface area contributed by atoms with Crippen molar-refractivity contribution in [1.29, 1.82) is 0 Å². The Morgan fingerprint density at radius 3 is 2.61 bits per heavy atom. The summed E-state index contributed by atoms with van der Waals surface area (Å²) in [5.41, 5.74) is 1.62. The molecule has 1 atom stereocenters. The summed E-state index contributed by atoms with van der Waals surface area (Å²) >= 11 is 0. The third kappa shape index (κ3) is 5.13. The van der Waals surface area contributed by atoms with Gasteiger partial charge in [-0.3, -0.25) is 14.5 Å². The van der Waals surface area contributed by atoms with Gasteiger partial charge in [0.05, 0.1) is 0 Å². The third-order valence-corrected chi connectivity index (χ3v) is 6.04. The molecule has 2 heterocycles. The van der Waals surface area contributed by atoms with Crippen LogP contribution in [0.1, 0.15) is 50.4 Å². The summed E-state index contributed by atoms with van der Waals surface area (Å²) in [5, 5.41) is 15.5. The standard InChI is InChI=1S/C24H30N6O3/c1-4-19(24(32)25-18-10-6-7-11-18)30(20-12-8-5-9-16(20)2)22(31)15-29-27-23(26-28-29)21-14-13-17(3)33-21/h5,8-9,12-14,18-19H,4,6-7,10-11,15H2,1-3H3,(H,25,32)/t19-/m1/s1. The molecule has 1 saturated carbocycles. The minimum absolute atomic E-state index is 0.126. The maximum Gasteiger partial charge on any atom is 0.251 e. The van der Waals surface area contributed by atoms with Gasteiger partial charge in [0.15, 0.2) is 5.76 Å². The van der Waals surface area contributed by atoms with Crippen LogP contribution >= 0.6 is 0 Å². The fourth-order valence-corrected chi connectivity index (χ4v) is 4.32. The maximum atomic E-state index is 13.6. The highest BCUT2D eigenvalue weighted by molar-refractivity contribution is 6.01. The highest BCUT2D eigenvalue weighted by atomic mass is 16.3. The van der Waals surface area contributed by atoms with Gasteiger partial charge in [-0.1, -0.05) is 38.0 Å². The molecule has 4 rings (SSSR count). The van der Waals surface area contributed by atoms with Crippen molar-refractivity contribution in [3.8, 4) is 11.6 Å². The summed E-state index contributed by atoms with van der Waals surface area (Å²) in [5.74, 6) is 1.13. The lowest BCUT2D eigenvalue weighted by molar-refractivity contribution is -0.127. The predicted molar refractivity (Wildman–Crippen MR) is 123 cm³/mol. The quantitative estimate of drug-likeness (QED) is 0.564. The van der Waals surface area contributed by atoms with E-state index in [-0.39, 0.29) is 24.4 Å². The first kappa shape index (κ1) is 22.7. The van der Waals surface area contributed by atoms with E-state index >= 15 is 0 Å². The molecule has 0 bridgehead atoms. The lowest BCUT2D eigenvalue weighted by Crippen LogP contribution is -2.52. The van der Waals surface area contributed by atoms with Crippen LogP contribution in [-0.4, -0.2) is 44.1 Å². The van der Waals surface area contributed by atoms with Gasteiger partial charge in [0.25, 0.3) is 5.91 Å². The number of aryl methyl sites for hydroxylation is 2. The average molecular weight is 451 g/mol. The Morgan fingerprint density at radius 1 is 1.18 bits per heavy atom. The largest absolute Gasteiger partial charge is 0.458 e. The summed E-state index contributed by atoms with van der Waals surface area (Å²) in [7, 11) is 0.